The van der Waals surface area contributed by atoms with Gasteiger partial charge in [0.2, 0.25) is 0 Å². The largest absolute Gasteiger partial charge is 0.462 e. The Morgan fingerprint density at radius 1 is 0.462 bits per heavy atom. The van der Waals surface area contributed by atoms with Crippen LogP contribution in [-0.4, -0.2) is 37.2 Å². The normalized spacial score (nSPS) is 11.8. The molecule has 0 saturated heterocycles. The van der Waals surface area contributed by atoms with E-state index in [1.165, 1.54) is 110 Å². The van der Waals surface area contributed by atoms with Crippen LogP contribution in [0.25, 0.3) is 0 Å². The number of hydrogen-bond donors (Lipinski definition) is 0. The first-order valence-electron chi connectivity index (χ1n) is 16.5. The SMILES string of the molecule is CCCCCCCCCCCCCCCC(=O)OC[C@H](COC(C)=O)OC(=O)CCCCCCCCCCC. The molecule has 6 heteroatoms. The smallest absolute Gasteiger partial charge is 0.306 e. The average Bonchev–Trinajstić information content (AvgIpc) is 2.91. The van der Waals surface area contributed by atoms with Gasteiger partial charge in [0.05, 0.1) is 0 Å². The monoisotopic (exact) mass is 554 g/mol. The summed E-state index contributed by atoms with van der Waals surface area (Å²) in [5, 5.41) is 0. The van der Waals surface area contributed by atoms with Gasteiger partial charge in [0.1, 0.15) is 13.2 Å². The zero-order valence-corrected chi connectivity index (χ0v) is 25.9. The Morgan fingerprint density at radius 2 is 0.795 bits per heavy atom. The fourth-order valence-electron chi connectivity index (χ4n) is 4.70. The van der Waals surface area contributed by atoms with E-state index in [0.29, 0.717) is 12.8 Å². The highest BCUT2D eigenvalue weighted by atomic mass is 16.6. The summed E-state index contributed by atoms with van der Waals surface area (Å²) in [6, 6.07) is 0. The molecule has 39 heavy (non-hydrogen) atoms. The third-order valence-corrected chi connectivity index (χ3v) is 7.17. The van der Waals surface area contributed by atoms with Crippen molar-refractivity contribution in [2.45, 2.75) is 181 Å². The molecule has 0 aromatic carbocycles. The quantitative estimate of drug-likeness (QED) is 0.0520. The van der Waals surface area contributed by atoms with E-state index in [1.54, 1.807) is 0 Å². The van der Waals surface area contributed by atoms with E-state index in [1.807, 2.05) is 0 Å². The Labute approximate surface area is 240 Å². The highest BCUT2D eigenvalue weighted by Crippen LogP contribution is 2.14. The molecule has 0 bridgehead atoms. The lowest BCUT2D eigenvalue weighted by Gasteiger charge is -2.18. The molecular weight excluding hydrogens is 492 g/mol. The van der Waals surface area contributed by atoms with E-state index in [0.717, 1.165) is 38.5 Å². The van der Waals surface area contributed by atoms with E-state index >= 15 is 0 Å². The van der Waals surface area contributed by atoms with Crippen LogP contribution in [0.4, 0.5) is 0 Å². The van der Waals surface area contributed by atoms with Crippen molar-refractivity contribution in [2.24, 2.45) is 0 Å². The summed E-state index contributed by atoms with van der Waals surface area (Å²) in [6.45, 7) is 5.62. The van der Waals surface area contributed by atoms with Crippen LogP contribution < -0.4 is 0 Å². The van der Waals surface area contributed by atoms with E-state index in [9.17, 15) is 14.4 Å². The molecule has 0 saturated carbocycles. The minimum absolute atomic E-state index is 0.0753. The van der Waals surface area contributed by atoms with Gasteiger partial charge in [-0.3, -0.25) is 14.4 Å². The van der Waals surface area contributed by atoms with Crippen LogP contribution in [0.15, 0.2) is 0 Å². The van der Waals surface area contributed by atoms with Crippen LogP contribution in [-0.2, 0) is 28.6 Å². The molecular formula is C33H62O6. The van der Waals surface area contributed by atoms with E-state index in [-0.39, 0.29) is 25.2 Å². The molecule has 6 nitrogen and oxygen atoms in total. The molecule has 0 unspecified atom stereocenters. The van der Waals surface area contributed by atoms with Crippen LogP contribution >= 0.6 is 0 Å². The molecule has 0 rings (SSSR count). The van der Waals surface area contributed by atoms with Crippen molar-refractivity contribution in [1.82, 2.24) is 0 Å². The van der Waals surface area contributed by atoms with Crippen molar-refractivity contribution in [1.29, 1.82) is 0 Å². The fourth-order valence-corrected chi connectivity index (χ4v) is 4.70. The topological polar surface area (TPSA) is 78.9 Å². The van der Waals surface area contributed by atoms with Gasteiger partial charge >= 0.3 is 17.9 Å². The molecule has 0 aliphatic carbocycles. The second-order valence-corrected chi connectivity index (χ2v) is 11.2. The first kappa shape index (κ1) is 37.4. The van der Waals surface area contributed by atoms with Crippen molar-refractivity contribution in [3.05, 3.63) is 0 Å². The number of carbonyl (C=O) groups excluding carboxylic acids is 3. The molecule has 0 aromatic heterocycles. The van der Waals surface area contributed by atoms with Crippen molar-refractivity contribution in [3.63, 3.8) is 0 Å². The third-order valence-electron chi connectivity index (χ3n) is 7.17. The molecule has 0 aliphatic heterocycles. The Morgan fingerprint density at radius 3 is 1.18 bits per heavy atom. The van der Waals surface area contributed by atoms with Gasteiger partial charge in [0, 0.05) is 19.8 Å². The van der Waals surface area contributed by atoms with Gasteiger partial charge in [-0.05, 0) is 12.8 Å². The maximum Gasteiger partial charge on any atom is 0.306 e. The molecule has 0 aliphatic rings. The van der Waals surface area contributed by atoms with Gasteiger partial charge in [0.25, 0.3) is 0 Å². The first-order chi connectivity index (χ1) is 19.0. The summed E-state index contributed by atoms with van der Waals surface area (Å²) in [7, 11) is 0. The van der Waals surface area contributed by atoms with Crippen molar-refractivity contribution in [3.8, 4) is 0 Å². The average molecular weight is 555 g/mol. The predicted molar refractivity (Wildman–Crippen MR) is 160 cm³/mol. The lowest BCUT2D eigenvalue weighted by atomic mass is 10.0. The lowest BCUT2D eigenvalue weighted by molar-refractivity contribution is -0.166. The summed E-state index contributed by atoms with van der Waals surface area (Å²) < 4.78 is 15.8. The second kappa shape index (κ2) is 29.4. The summed E-state index contributed by atoms with van der Waals surface area (Å²) in [5.41, 5.74) is 0. The van der Waals surface area contributed by atoms with Crippen molar-refractivity contribution < 1.29 is 28.6 Å². The molecule has 230 valence electrons. The Hall–Kier alpha value is -1.59. The number of carbonyl (C=O) groups is 3. The number of unbranched alkanes of at least 4 members (excludes halogenated alkanes) is 20. The van der Waals surface area contributed by atoms with Gasteiger partial charge in [0.15, 0.2) is 6.10 Å². The van der Waals surface area contributed by atoms with E-state index in [2.05, 4.69) is 13.8 Å². The van der Waals surface area contributed by atoms with Crippen LogP contribution in [0.3, 0.4) is 0 Å². The van der Waals surface area contributed by atoms with Gasteiger partial charge in [-0.1, -0.05) is 142 Å². The molecule has 0 amide bonds. The van der Waals surface area contributed by atoms with E-state index < -0.39 is 12.1 Å². The molecule has 0 N–H and O–H groups in total. The van der Waals surface area contributed by atoms with Crippen LogP contribution in [0.2, 0.25) is 0 Å². The molecule has 0 heterocycles. The summed E-state index contributed by atoms with van der Waals surface area (Å²) >= 11 is 0. The minimum atomic E-state index is -0.754. The highest BCUT2D eigenvalue weighted by molar-refractivity contribution is 5.70. The van der Waals surface area contributed by atoms with Gasteiger partial charge in [-0.2, -0.15) is 0 Å². The molecule has 0 fully saturated rings. The Bertz CT molecular complexity index is 577. The maximum absolute atomic E-state index is 12.3. The summed E-state index contributed by atoms with van der Waals surface area (Å²) in [5.74, 6) is -1.07. The first-order valence-corrected chi connectivity index (χ1v) is 16.5. The third kappa shape index (κ3) is 29.2. The van der Waals surface area contributed by atoms with Crippen molar-refractivity contribution in [2.75, 3.05) is 13.2 Å². The summed E-state index contributed by atoms with van der Waals surface area (Å²) in [4.78, 5) is 35.6. The number of rotatable bonds is 29. The standard InChI is InChI=1S/C33H62O6/c1-4-6-8-10-12-14-15-16-17-19-20-22-24-26-32(35)38-29-31(28-37-30(3)34)39-33(36)27-25-23-21-18-13-11-9-7-5-2/h31H,4-29H2,1-3H3/t31-/m0/s1. The highest BCUT2D eigenvalue weighted by Gasteiger charge is 2.18. The maximum atomic E-state index is 12.3. The van der Waals surface area contributed by atoms with Gasteiger partial charge < -0.3 is 14.2 Å². The molecule has 0 radical (unpaired) electrons. The number of esters is 3. The lowest BCUT2D eigenvalue weighted by Crippen LogP contribution is -2.30. The Kier molecular flexibility index (Phi) is 28.2. The van der Waals surface area contributed by atoms with Gasteiger partial charge in [-0.15, -0.1) is 0 Å². The molecule has 0 aromatic rings. The molecule has 0 spiro atoms. The minimum Gasteiger partial charge on any atom is -0.462 e. The van der Waals surface area contributed by atoms with Crippen LogP contribution in [0, 0.1) is 0 Å². The molecule has 1 atom stereocenters. The summed E-state index contributed by atoms with van der Waals surface area (Å²) in [6.07, 6.45) is 26.9. The number of ether oxygens (including phenoxy) is 3. The van der Waals surface area contributed by atoms with Crippen molar-refractivity contribution >= 4 is 17.9 Å². The second-order valence-electron chi connectivity index (χ2n) is 11.2. The zero-order chi connectivity index (χ0) is 28.8. The van der Waals surface area contributed by atoms with E-state index in [4.69, 9.17) is 14.2 Å². The zero-order valence-electron chi connectivity index (χ0n) is 25.9. The van der Waals surface area contributed by atoms with Crippen LogP contribution in [0.5, 0.6) is 0 Å². The van der Waals surface area contributed by atoms with Gasteiger partial charge in [-0.25, -0.2) is 0 Å². The fraction of sp³-hybridized carbons (Fsp3) is 0.909. The Balaban J connectivity index is 3.87. The predicted octanol–water partition coefficient (Wildman–Crippen LogP) is 9.41. The van der Waals surface area contributed by atoms with Crippen LogP contribution in [0.1, 0.15) is 175 Å². The number of hydrogen-bond acceptors (Lipinski definition) is 6.